The van der Waals surface area contributed by atoms with E-state index in [2.05, 4.69) is 43.9 Å². The molecule has 0 saturated heterocycles. The first-order valence-electron chi connectivity index (χ1n) is 13.9. The number of hydrogen-bond donors (Lipinski definition) is 0. The van der Waals surface area contributed by atoms with Crippen molar-refractivity contribution >= 4 is 34.3 Å². The van der Waals surface area contributed by atoms with Gasteiger partial charge in [0.1, 0.15) is 22.9 Å². The monoisotopic (exact) mass is 534 g/mol. The average Bonchev–Trinajstić information content (AvgIpc) is 3.13. The Kier molecular flexibility index (Phi) is 6.49. The van der Waals surface area contributed by atoms with E-state index < -0.39 is 11.7 Å². The molecule has 6 nitrogen and oxygen atoms in total. The molecule has 0 fully saturated rings. The molecule has 1 unspecified atom stereocenters. The highest BCUT2D eigenvalue weighted by atomic mass is 16.5. The molecule has 0 radical (unpaired) electrons. The number of fused-ring (bicyclic) bond motifs is 4. The number of hydrogen-bond acceptors (Lipinski definition) is 6. The summed E-state index contributed by atoms with van der Waals surface area (Å²) >= 11 is 0. The fourth-order valence-corrected chi connectivity index (χ4v) is 5.81. The summed E-state index contributed by atoms with van der Waals surface area (Å²) in [7, 11) is 2.05. The zero-order chi connectivity index (χ0) is 27.9. The van der Waals surface area contributed by atoms with E-state index in [0.29, 0.717) is 23.7 Å². The van der Waals surface area contributed by atoms with E-state index in [0.717, 1.165) is 47.2 Å². The molecule has 2 aliphatic rings. The SMILES string of the molecule is CCCCCOc1ccc(C(=O)Oc2ccc3ccc4c(c3c2)N=CC2(O4)N(C)c3ccccc3C2(C)C)cc1. The van der Waals surface area contributed by atoms with Crippen molar-refractivity contribution in [3.63, 3.8) is 0 Å². The van der Waals surface area contributed by atoms with Crippen molar-refractivity contribution in [1.29, 1.82) is 0 Å². The van der Waals surface area contributed by atoms with Crippen LogP contribution in [-0.2, 0) is 5.41 Å². The van der Waals surface area contributed by atoms with Gasteiger partial charge in [-0.25, -0.2) is 4.79 Å². The Morgan fingerprint density at radius 3 is 2.48 bits per heavy atom. The Bertz CT molecular complexity index is 1610. The average molecular weight is 535 g/mol. The fraction of sp³-hybridized carbons (Fsp3) is 0.294. The van der Waals surface area contributed by atoms with Gasteiger partial charge in [0.2, 0.25) is 5.72 Å². The standard InChI is InChI=1S/C34H34N2O4/c1-5-6-9-20-38-25-16-13-24(14-17-25)32(37)39-26-18-12-23-15-19-30-31(27(23)21-26)35-22-34(40-30)33(2,3)28-10-7-8-11-29(28)36(34)4/h7-8,10-19,21-22H,5-6,9,20H2,1-4H3. The first-order chi connectivity index (χ1) is 19.3. The summed E-state index contributed by atoms with van der Waals surface area (Å²) < 4.78 is 18.3. The molecule has 0 saturated carbocycles. The van der Waals surface area contributed by atoms with Crippen molar-refractivity contribution in [3.05, 3.63) is 90.0 Å². The molecule has 40 heavy (non-hydrogen) atoms. The van der Waals surface area contributed by atoms with Crippen LogP contribution in [0.15, 0.2) is 83.9 Å². The van der Waals surface area contributed by atoms with Crippen molar-refractivity contribution in [2.45, 2.75) is 51.2 Å². The Balaban J connectivity index is 1.24. The van der Waals surface area contributed by atoms with Gasteiger partial charge in [-0.2, -0.15) is 0 Å². The second-order valence-corrected chi connectivity index (χ2v) is 11.0. The molecule has 1 atom stereocenters. The molecule has 0 bridgehead atoms. The van der Waals surface area contributed by atoms with E-state index in [9.17, 15) is 4.79 Å². The van der Waals surface area contributed by atoms with Crippen LogP contribution in [0.25, 0.3) is 10.8 Å². The molecule has 0 aliphatic carbocycles. The van der Waals surface area contributed by atoms with Gasteiger partial charge in [-0.05, 0) is 79.7 Å². The van der Waals surface area contributed by atoms with Gasteiger partial charge < -0.3 is 19.1 Å². The summed E-state index contributed by atoms with van der Waals surface area (Å²) in [5, 5.41) is 1.85. The molecule has 204 valence electrons. The highest BCUT2D eigenvalue weighted by Crippen LogP contribution is 2.54. The van der Waals surface area contributed by atoms with E-state index in [4.69, 9.17) is 19.2 Å². The van der Waals surface area contributed by atoms with Crippen molar-refractivity contribution in [1.82, 2.24) is 0 Å². The molecular formula is C34H34N2O4. The normalized spacial score (nSPS) is 18.4. The number of carbonyl (C=O) groups is 1. The summed E-state index contributed by atoms with van der Waals surface area (Å²) in [4.78, 5) is 20.0. The quantitative estimate of drug-likeness (QED) is 0.137. The molecule has 6 heteroatoms. The van der Waals surface area contributed by atoms with Gasteiger partial charge in [0.25, 0.3) is 0 Å². The number of carbonyl (C=O) groups excluding carboxylic acids is 1. The lowest BCUT2D eigenvalue weighted by Gasteiger charge is -2.45. The molecule has 2 heterocycles. The van der Waals surface area contributed by atoms with Gasteiger partial charge in [-0.3, -0.25) is 4.99 Å². The predicted octanol–water partition coefficient (Wildman–Crippen LogP) is 7.85. The number of benzene rings is 4. The van der Waals surface area contributed by atoms with Gasteiger partial charge >= 0.3 is 5.97 Å². The van der Waals surface area contributed by atoms with Gasteiger partial charge in [0, 0.05) is 18.1 Å². The number of ether oxygens (including phenoxy) is 3. The molecule has 4 aromatic rings. The second kappa shape index (κ2) is 10.0. The van der Waals surface area contributed by atoms with Crippen molar-refractivity contribution in [2.75, 3.05) is 18.6 Å². The largest absolute Gasteiger partial charge is 0.494 e. The molecule has 0 amide bonds. The minimum Gasteiger partial charge on any atom is -0.494 e. The number of rotatable bonds is 7. The number of unbranched alkanes of at least 4 members (excludes halogenated alkanes) is 2. The van der Waals surface area contributed by atoms with E-state index >= 15 is 0 Å². The molecule has 1 spiro atoms. The maximum atomic E-state index is 12.9. The number of esters is 1. The molecule has 6 rings (SSSR count). The van der Waals surface area contributed by atoms with Crippen LogP contribution in [0.1, 0.15) is 56.0 Å². The lowest BCUT2D eigenvalue weighted by atomic mass is 9.77. The number of anilines is 1. The summed E-state index contributed by atoms with van der Waals surface area (Å²) in [6, 6.07) is 25.0. The van der Waals surface area contributed by atoms with Crippen LogP contribution in [0, 0.1) is 0 Å². The second-order valence-electron chi connectivity index (χ2n) is 11.0. The molecule has 2 aliphatic heterocycles. The molecule has 0 N–H and O–H groups in total. The fourth-order valence-electron chi connectivity index (χ4n) is 5.81. The number of likely N-dealkylation sites (N-methyl/N-ethyl adjacent to an activating group) is 1. The Morgan fingerprint density at radius 2 is 1.70 bits per heavy atom. The predicted molar refractivity (Wildman–Crippen MR) is 160 cm³/mol. The number of aliphatic imine (C=N–C) groups is 1. The lowest BCUT2D eigenvalue weighted by Crippen LogP contribution is -2.61. The summed E-state index contributed by atoms with van der Waals surface area (Å²) in [5.41, 5.74) is 2.46. The van der Waals surface area contributed by atoms with Gasteiger partial charge in [0.05, 0.1) is 23.8 Å². The third kappa shape index (κ3) is 4.19. The van der Waals surface area contributed by atoms with Crippen molar-refractivity contribution in [3.8, 4) is 17.2 Å². The van der Waals surface area contributed by atoms with E-state index in [-0.39, 0.29) is 5.41 Å². The van der Waals surface area contributed by atoms with Crippen LogP contribution in [0.5, 0.6) is 17.2 Å². The van der Waals surface area contributed by atoms with Crippen LogP contribution in [0.2, 0.25) is 0 Å². The van der Waals surface area contributed by atoms with Gasteiger partial charge in [-0.15, -0.1) is 0 Å². The maximum Gasteiger partial charge on any atom is 0.343 e. The Morgan fingerprint density at radius 1 is 0.950 bits per heavy atom. The zero-order valence-electron chi connectivity index (χ0n) is 23.4. The topological polar surface area (TPSA) is 60.4 Å². The molecular weight excluding hydrogens is 500 g/mol. The summed E-state index contributed by atoms with van der Waals surface area (Å²) in [6.45, 7) is 7.22. The third-order valence-corrected chi connectivity index (χ3v) is 8.21. The summed E-state index contributed by atoms with van der Waals surface area (Å²) in [6.07, 6.45) is 5.22. The highest BCUT2D eigenvalue weighted by molar-refractivity contribution is 6.01. The van der Waals surface area contributed by atoms with Crippen LogP contribution in [0.3, 0.4) is 0 Å². The first kappa shape index (κ1) is 25.9. The molecule has 0 aromatic heterocycles. The van der Waals surface area contributed by atoms with E-state index in [1.54, 1.807) is 30.3 Å². The highest BCUT2D eigenvalue weighted by Gasteiger charge is 2.58. The minimum atomic E-state index is -0.757. The van der Waals surface area contributed by atoms with Crippen molar-refractivity contribution < 1.29 is 19.0 Å². The van der Waals surface area contributed by atoms with Crippen LogP contribution in [0.4, 0.5) is 11.4 Å². The third-order valence-electron chi connectivity index (χ3n) is 8.21. The van der Waals surface area contributed by atoms with Gasteiger partial charge in [-0.1, -0.05) is 50.1 Å². The van der Waals surface area contributed by atoms with E-state index in [1.807, 2.05) is 43.6 Å². The van der Waals surface area contributed by atoms with Gasteiger partial charge in [0.15, 0.2) is 0 Å². The number of nitrogens with zero attached hydrogens (tertiary/aromatic N) is 2. The smallest absolute Gasteiger partial charge is 0.343 e. The molecule has 4 aromatic carbocycles. The Hall–Kier alpha value is -4.32. The summed E-state index contributed by atoms with van der Waals surface area (Å²) in [5.74, 6) is 1.47. The lowest BCUT2D eigenvalue weighted by molar-refractivity contribution is 0.0735. The van der Waals surface area contributed by atoms with Crippen LogP contribution < -0.4 is 19.1 Å². The number of para-hydroxylation sites is 1. The van der Waals surface area contributed by atoms with Crippen LogP contribution >= 0.6 is 0 Å². The first-order valence-corrected chi connectivity index (χ1v) is 13.9. The minimum absolute atomic E-state index is 0.331. The van der Waals surface area contributed by atoms with Crippen molar-refractivity contribution in [2.24, 2.45) is 4.99 Å². The maximum absolute atomic E-state index is 12.9. The van der Waals surface area contributed by atoms with Crippen LogP contribution in [-0.4, -0.2) is 31.6 Å². The van der Waals surface area contributed by atoms with E-state index in [1.165, 1.54) is 5.56 Å². The zero-order valence-corrected chi connectivity index (χ0v) is 23.4. The Labute approximate surface area is 235 Å².